The van der Waals surface area contributed by atoms with Crippen molar-refractivity contribution in [2.45, 2.75) is 47.5 Å². The molecule has 0 radical (unpaired) electrons. The first-order valence-electron chi connectivity index (χ1n) is 7.23. The third-order valence-corrected chi connectivity index (χ3v) is 4.73. The average Bonchev–Trinajstić information content (AvgIpc) is 2.28. The molecule has 2 N–H and O–H groups in total. The van der Waals surface area contributed by atoms with Crippen LogP contribution < -0.4 is 5.73 Å². The fourth-order valence-electron chi connectivity index (χ4n) is 2.38. The monoisotopic (exact) mass is 254 g/mol. The van der Waals surface area contributed by atoms with Crippen molar-refractivity contribution in [1.29, 1.82) is 0 Å². The lowest BCUT2D eigenvalue weighted by atomic mass is 9.79. The third-order valence-electron chi connectivity index (χ3n) is 4.73. The normalized spacial score (nSPS) is 27.1. The summed E-state index contributed by atoms with van der Waals surface area (Å²) in [5.41, 5.74) is 5.99. The van der Waals surface area contributed by atoms with E-state index in [1.807, 2.05) is 4.90 Å². The van der Waals surface area contributed by atoms with Crippen molar-refractivity contribution in [2.75, 3.05) is 19.6 Å². The predicted octanol–water partition coefficient (Wildman–Crippen LogP) is 2.50. The Labute approximate surface area is 112 Å². The summed E-state index contributed by atoms with van der Waals surface area (Å²) >= 11 is 0. The fourth-order valence-corrected chi connectivity index (χ4v) is 2.38. The van der Waals surface area contributed by atoms with Gasteiger partial charge in [0.1, 0.15) is 0 Å². The molecule has 106 valence electrons. The largest absolute Gasteiger partial charge is 0.342 e. The maximum Gasteiger partial charge on any atom is 0.222 e. The zero-order chi connectivity index (χ0) is 13.9. The Morgan fingerprint density at radius 3 is 2.56 bits per heavy atom. The van der Waals surface area contributed by atoms with Crippen LogP contribution in [0.2, 0.25) is 0 Å². The van der Waals surface area contributed by atoms with E-state index in [2.05, 4.69) is 34.6 Å². The lowest BCUT2D eigenvalue weighted by Gasteiger charge is -2.38. The van der Waals surface area contributed by atoms with Crippen molar-refractivity contribution in [2.24, 2.45) is 28.9 Å². The van der Waals surface area contributed by atoms with Gasteiger partial charge in [-0.05, 0) is 36.1 Å². The van der Waals surface area contributed by atoms with Crippen LogP contribution >= 0.6 is 0 Å². The van der Waals surface area contributed by atoms with E-state index in [-0.39, 0.29) is 5.41 Å². The number of hydrogen-bond acceptors (Lipinski definition) is 2. The molecule has 1 aliphatic rings. The number of nitrogens with zero attached hydrogens (tertiary/aromatic N) is 1. The van der Waals surface area contributed by atoms with E-state index in [4.69, 9.17) is 5.73 Å². The summed E-state index contributed by atoms with van der Waals surface area (Å²) in [7, 11) is 0. The van der Waals surface area contributed by atoms with Gasteiger partial charge in [-0.3, -0.25) is 4.79 Å². The fraction of sp³-hybridized carbons (Fsp3) is 0.933. The quantitative estimate of drug-likeness (QED) is 0.841. The van der Waals surface area contributed by atoms with Gasteiger partial charge in [0.2, 0.25) is 5.91 Å². The molecule has 1 heterocycles. The van der Waals surface area contributed by atoms with Gasteiger partial charge in [-0.2, -0.15) is 0 Å². The standard InChI is InChI=1S/C15H30N2O/c1-11-6-7-17(10-13(11)9-16)14(18)8-12(2)15(3,4)5/h11-13H,6-10,16H2,1-5H3. The van der Waals surface area contributed by atoms with Gasteiger partial charge in [0, 0.05) is 19.5 Å². The number of rotatable bonds is 3. The molecule has 3 atom stereocenters. The Bertz CT molecular complexity index is 283. The van der Waals surface area contributed by atoms with Crippen molar-refractivity contribution in [3.8, 4) is 0 Å². The molecule has 0 spiro atoms. The Kier molecular flexibility index (Phi) is 5.20. The molecule has 3 heteroatoms. The van der Waals surface area contributed by atoms with E-state index in [1.165, 1.54) is 0 Å². The maximum absolute atomic E-state index is 12.3. The molecule has 18 heavy (non-hydrogen) atoms. The van der Waals surface area contributed by atoms with Crippen LogP contribution in [0.15, 0.2) is 0 Å². The van der Waals surface area contributed by atoms with Crippen LogP contribution in [0.4, 0.5) is 0 Å². The molecule has 0 aromatic carbocycles. The highest BCUT2D eigenvalue weighted by molar-refractivity contribution is 5.76. The molecular weight excluding hydrogens is 224 g/mol. The van der Waals surface area contributed by atoms with E-state index in [0.29, 0.717) is 36.6 Å². The zero-order valence-electron chi connectivity index (χ0n) is 12.7. The van der Waals surface area contributed by atoms with Crippen molar-refractivity contribution in [1.82, 2.24) is 4.90 Å². The summed E-state index contributed by atoms with van der Waals surface area (Å²) in [6, 6.07) is 0. The van der Waals surface area contributed by atoms with Gasteiger partial charge in [0.15, 0.2) is 0 Å². The van der Waals surface area contributed by atoms with Gasteiger partial charge < -0.3 is 10.6 Å². The molecule has 1 fully saturated rings. The van der Waals surface area contributed by atoms with E-state index in [1.54, 1.807) is 0 Å². The molecule has 0 aliphatic carbocycles. The second kappa shape index (κ2) is 6.05. The summed E-state index contributed by atoms with van der Waals surface area (Å²) < 4.78 is 0. The van der Waals surface area contributed by atoms with Gasteiger partial charge in [-0.25, -0.2) is 0 Å². The van der Waals surface area contributed by atoms with Gasteiger partial charge in [0.25, 0.3) is 0 Å². The Morgan fingerprint density at radius 2 is 2.06 bits per heavy atom. The highest BCUT2D eigenvalue weighted by Crippen LogP contribution is 2.30. The van der Waals surface area contributed by atoms with Crippen molar-refractivity contribution in [3.63, 3.8) is 0 Å². The molecule has 1 rings (SSSR count). The maximum atomic E-state index is 12.3. The second-order valence-electron chi connectivity index (χ2n) is 7.07. The lowest BCUT2D eigenvalue weighted by molar-refractivity contribution is -0.135. The smallest absolute Gasteiger partial charge is 0.222 e. The van der Waals surface area contributed by atoms with Crippen LogP contribution in [0.25, 0.3) is 0 Å². The van der Waals surface area contributed by atoms with Crippen LogP contribution in [0, 0.1) is 23.2 Å². The highest BCUT2D eigenvalue weighted by Gasteiger charge is 2.30. The van der Waals surface area contributed by atoms with E-state index in [9.17, 15) is 4.79 Å². The first kappa shape index (κ1) is 15.5. The summed E-state index contributed by atoms with van der Waals surface area (Å²) in [5.74, 6) is 1.86. The van der Waals surface area contributed by atoms with Crippen molar-refractivity contribution >= 4 is 5.91 Å². The molecular formula is C15H30N2O. The summed E-state index contributed by atoms with van der Waals surface area (Å²) in [4.78, 5) is 14.3. The number of amides is 1. The molecule has 1 saturated heterocycles. The molecule has 3 nitrogen and oxygen atoms in total. The molecule has 3 unspecified atom stereocenters. The minimum Gasteiger partial charge on any atom is -0.342 e. The number of carbonyl (C=O) groups excluding carboxylic acids is 1. The minimum atomic E-state index is 0.200. The lowest BCUT2D eigenvalue weighted by Crippen LogP contribution is -2.46. The SMILES string of the molecule is CC1CCN(C(=O)CC(C)C(C)(C)C)CC1CN. The van der Waals surface area contributed by atoms with E-state index in [0.717, 1.165) is 19.5 Å². The number of nitrogens with two attached hydrogens (primary N) is 1. The third kappa shape index (κ3) is 3.98. The molecule has 0 aromatic heterocycles. The Hall–Kier alpha value is -0.570. The van der Waals surface area contributed by atoms with Crippen LogP contribution in [0.3, 0.4) is 0 Å². The van der Waals surface area contributed by atoms with Crippen molar-refractivity contribution in [3.05, 3.63) is 0 Å². The Morgan fingerprint density at radius 1 is 1.44 bits per heavy atom. The first-order valence-corrected chi connectivity index (χ1v) is 7.23. The van der Waals surface area contributed by atoms with Crippen LogP contribution in [0.5, 0.6) is 0 Å². The van der Waals surface area contributed by atoms with E-state index >= 15 is 0 Å². The van der Waals surface area contributed by atoms with Crippen LogP contribution in [-0.2, 0) is 4.79 Å². The molecule has 0 aromatic rings. The molecule has 1 aliphatic heterocycles. The summed E-state index contributed by atoms with van der Waals surface area (Å²) in [5, 5.41) is 0. The van der Waals surface area contributed by atoms with Gasteiger partial charge in [0.05, 0.1) is 0 Å². The summed E-state index contributed by atoms with van der Waals surface area (Å²) in [6.45, 7) is 13.5. The molecule has 0 saturated carbocycles. The number of hydrogen-bond donors (Lipinski definition) is 1. The number of carbonyl (C=O) groups is 1. The van der Waals surface area contributed by atoms with Gasteiger partial charge in [-0.15, -0.1) is 0 Å². The number of likely N-dealkylation sites (tertiary alicyclic amines) is 1. The van der Waals surface area contributed by atoms with E-state index < -0.39 is 0 Å². The zero-order valence-corrected chi connectivity index (χ0v) is 12.7. The van der Waals surface area contributed by atoms with Crippen LogP contribution in [-0.4, -0.2) is 30.4 Å². The summed E-state index contributed by atoms with van der Waals surface area (Å²) in [6.07, 6.45) is 1.76. The van der Waals surface area contributed by atoms with Crippen molar-refractivity contribution < 1.29 is 4.79 Å². The molecule has 1 amide bonds. The second-order valence-corrected chi connectivity index (χ2v) is 7.07. The van der Waals surface area contributed by atoms with Gasteiger partial charge >= 0.3 is 0 Å². The topological polar surface area (TPSA) is 46.3 Å². The van der Waals surface area contributed by atoms with Crippen LogP contribution in [0.1, 0.15) is 47.5 Å². The predicted molar refractivity (Wildman–Crippen MR) is 76.1 cm³/mol. The average molecular weight is 254 g/mol. The highest BCUT2D eigenvalue weighted by atomic mass is 16.2. The molecule has 0 bridgehead atoms. The minimum absolute atomic E-state index is 0.200. The number of piperidine rings is 1. The Balaban J connectivity index is 2.53. The van der Waals surface area contributed by atoms with Gasteiger partial charge in [-0.1, -0.05) is 34.6 Å². The first-order chi connectivity index (χ1) is 8.25.